The summed E-state index contributed by atoms with van der Waals surface area (Å²) in [5.41, 5.74) is 0.243. The van der Waals surface area contributed by atoms with Crippen LogP contribution in [0.4, 0.5) is 10.1 Å². The van der Waals surface area contributed by atoms with Gasteiger partial charge in [-0.05, 0) is 30.7 Å². The smallest absolute Gasteiger partial charge is 0.240 e. The minimum absolute atomic E-state index is 0.243. The molecule has 0 fully saturated rings. The lowest BCUT2D eigenvalue weighted by Gasteiger charge is -2.21. The number of halogens is 1. The molecular formula is C15H19FN4O3S. The number of hydrogen-bond donors (Lipinski definition) is 1. The second-order valence-corrected chi connectivity index (χ2v) is 7.16. The predicted octanol–water partition coefficient (Wildman–Crippen LogP) is 0.995. The summed E-state index contributed by atoms with van der Waals surface area (Å²) in [6, 6.07) is 4.94. The number of aromatic nitrogens is 2. The van der Waals surface area contributed by atoms with Crippen LogP contribution in [-0.4, -0.2) is 43.2 Å². The van der Waals surface area contributed by atoms with Crippen LogP contribution in [0.2, 0.25) is 0 Å². The second-order valence-electron chi connectivity index (χ2n) is 5.25. The number of carbonyl (C=O) groups is 1. The largest absolute Gasteiger partial charge is 0.354 e. The van der Waals surface area contributed by atoms with Crippen LogP contribution in [0.25, 0.3) is 0 Å². The van der Waals surface area contributed by atoms with Gasteiger partial charge in [0, 0.05) is 25.5 Å². The number of benzene rings is 1. The van der Waals surface area contributed by atoms with E-state index in [1.54, 1.807) is 12.5 Å². The average molecular weight is 354 g/mol. The maximum Gasteiger partial charge on any atom is 0.240 e. The highest BCUT2D eigenvalue weighted by Gasteiger charge is 2.20. The SMILES string of the molecule is CS(=O)(=O)N(CC(=O)NCCCn1ccnc1)c1ccc(F)cc1. The number of rotatable bonds is 8. The molecule has 0 spiro atoms. The second kappa shape index (κ2) is 7.91. The van der Waals surface area contributed by atoms with E-state index in [1.165, 1.54) is 12.1 Å². The van der Waals surface area contributed by atoms with Crippen LogP contribution in [0.1, 0.15) is 6.42 Å². The topological polar surface area (TPSA) is 84.3 Å². The van der Waals surface area contributed by atoms with E-state index in [2.05, 4.69) is 10.3 Å². The van der Waals surface area contributed by atoms with Gasteiger partial charge in [0.15, 0.2) is 0 Å². The van der Waals surface area contributed by atoms with Gasteiger partial charge in [0.25, 0.3) is 0 Å². The van der Waals surface area contributed by atoms with Crippen LogP contribution in [0.3, 0.4) is 0 Å². The van der Waals surface area contributed by atoms with Gasteiger partial charge in [0.05, 0.1) is 18.3 Å². The lowest BCUT2D eigenvalue weighted by molar-refractivity contribution is -0.119. The molecule has 2 rings (SSSR count). The first-order valence-electron chi connectivity index (χ1n) is 7.32. The summed E-state index contributed by atoms with van der Waals surface area (Å²) in [7, 11) is -3.65. The first kappa shape index (κ1) is 17.9. The standard InChI is InChI=1S/C15H19FN4O3S/c1-24(22,23)20(14-5-3-13(16)4-6-14)11-15(21)18-7-2-9-19-10-8-17-12-19/h3-6,8,10,12H,2,7,9,11H2,1H3,(H,18,21). The third kappa shape index (κ3) is 5.34. The minimum Gasteiger partial charge on any atom is -0.354 e. The minimum atomic E-state index is -3.65. The van der Waals surface area contributed by atoms with Crippen molar-refractivity contribution in [2.24, 2.45) is 0 Å². The maximum atomic E-state index is 13.0. The van der Waals surface area contributed by atoms with Crippen LogP contribution >= 0.6 is 0 Å². The Hall–Kier alpha value is -2.42. The highest BCUT2D eigenvalue weighted by molar-refractivity contribution is 7.92. The number of nitrogens with zero attached hydrogens (tertiary/aromatic N) is 3. The van der Waals surface area contributed by atoms with Crippen molar-refractivity contribution in [2.45, 2.75) is 13.0 Å². The molecule has 2 aromatic rings. The molecule has 1 N–H and O–H groups in total. The maximum absolute atomic E-state index is 13.0. The molecule has 9 heteroatoms. The third-order valence-corrected chi connectivity index (χ3v) is 4.42. The monoisotopic (exact) mass is 354 g/mol. The van der Waals surface area contributed by atoms with Gasteiger partial charge in [-0.2, -0.15) is 0 Å². The van der Waals surface area contributed by atoms with E-state index < -0.39 is 21.7 Å². The summed E-state index contributed by atoms with van der Waals surface area (Å²) in [5, 5.41) is 2.68. The van der Waals surface area contributed by atoms with Crippen molar-refractivity contribution in [3.63, 3.8) is 0 Å². The fourth-order valence-electron chi connectivity index (χ4n) is 2.10. The zero-order valence-electron chi connectivity index (χ0n) is 13.2. The van der Waals surface area contributed by atoms with Crippen molar-refractivity contribution in [3.05, 3.63) is 48.8 Å². The highest BCUT2D eigenvalue weighted by atomic mass is 32.2. The third-order valence-electron chi connectivity index (χ3n) is 3.28. The normalized spacial score (nSPS) is 11.2. The Balaban J connectivity index is 1.89. The van der Waals surface area contributed by atoms with Crippen molar-refractivity contribution in [1.29, 1.82) is 0 Å². The van der Waals surface area contributed by atoms with Crippen molar-refractivity contribution in [2.75, 3.05) is 23.7 Å². The molecule has 0 bridgehead atoms. The molecule has 7 nitrogen and oxygen atoms in total. The quantitative estimate of drug-likeness (QED) is 0.717. The number of aryl methyl sites for hydroxylation is 1. The number of carbonyl (C=O) groups excluding carboxylic acids is 1. The van der Waals surface area contributed by atoms with E-state index in [1.807, 2.05) is 10.8 Å². The molecule has 0 aliphatic carbocycles. The number of nitrogens with one attached hydrogen (secondary N) is 1. The highest BCUT2D eigenvalue weighted by Crippen LogP contribution is 2.17. The summed E-state index contributed by atoms with van der Waals surface area (Å²) < 4.78 is 39.6. The van der Waals surface area contributed by atoms with E-state index in [4.69, 9.17) is 0 Å². The van der Waals surface area contributed by atoms with Crippen molar-refractivity contribution >= 4 is 21.6 Å². The molecule has 1 heterocycles. The van der Waals surface area contributed by atoms with Gasteiger partial charge in [-0.15, -0.1) is 0 Å². The van der Waals surface area contributed by atoms with E-state index in [-0.39, 0.29) is 12.2 Å². The van der Waals surface area contributed by atoms with Crippen LogP contribution in [0.5, 0.6) is 0 Å². The fraction of sp³-hybridized carbons (Fsp3) is 0.333. The van der Waals surface area contributed by atoms with Gasteiger partial charge < -0.3 is 9.88 Å². The molecule has 0 saturated carbocycles. The zero-order valence-corrected chi connectivity index (χ0v) is 14.0. The summed E-state index contributed by atoms with van der Waals surface area (Å²) in [6.07, 6.45) is 6.87. The summed E-state index contributed by atoms with van der Waals surface area (Å²) in [4.78, 5) is 15.9. The Morgan fingerprint density at radius 3 is 2.62 bits per heavy atom. The molecule has 0 aliphatic rings. The number of imidazole rings is 1. The van der Waals surface area contributed by atoms with E-state index in [0.29, 0.717) is 19.5 Å². The van der Waals surface area contributed by atoms with Gasteiger partial charge >= 0.3 is 0 Å². The Kier molecular flexibility index (Phi) is 5.91. The first-order valence-corrected chi connectivity index (χ1v) is 9.17. The predicted molar refractivity (Wildman–Crippen MR) is 88.4 cm³/mol. The fourth-order valence-corrected chi connectivity index (χ4v) is 2.96. The number of hydrogen-bond acceptors (Lipinski definition) is 4. The molecule has 130 valence electrons. The molecule has 1 amide bonds. The van der Waals surface area contributed by atoms with Gasteiger partial charge in [-0.3, -0.25) is 9.10 Å². The summed E-state index contributed by atoms with van der Waals surface area (Å²) in [6.45, 7) is 0.765. The number of anilines is 1. The van der Waals surface area contributed by atoms with Crippen LogP contribution < -0.4 is 9.62 Å². The molecule has 24 heavy (non-hydrogen) atoms. The van der Waals surface area contributed by atoms with E-state index >= 15 is 0 Å². The zero-order chi connectivity index (χ0) is 17.6. The first-order chi connectivity index (χ1) is 11.4. The van der Waals surface area contributed by atoms with Crippen molar-refractivity contribution in [3.8, 4) is 0 Å². The summed E-state index contributed by atoms with van der Waals surface area (Å²) >= 11 is 0. The molecule has 0 atom stereocenters. The average Bonchev–Trinajstić information content (AvgIpc) is 3.02. The van der Waals surface area contributed by atoms with Crippen molar-refractivity contribution < 1.29 is 17.6 Å². The number of sulfonamides is 1. The summed E-state index contributed by atoms with van der Waals surface area (Å²) in [5.74, 6) is -0.897. The number of amides is 1. The van der Waals surface area contributed by atoms with Gasteiger partial charge in [0.1, 0.15) is 12.4 Å². The van der Waals surface area contributed by atoms with Gasteiger partial charge in [0.2, 0.25) is 15.9 Å². The van der Waals surface area contributed by atoms with Crippen molar-refractivity contribution in [1.82, 2.24) is 14.9 Å². The Morgan fingerprint density at radius 1 is 1.33 bits per heavy atom. The van der Waals surface area contributed by atoms with Gasteiger partial charge in [-0.25, -0.2) is 17.8 Å². The van der Waals surface area contributed by atoms with Gasteiger partial charge in [-0.1, -0.05) is 0 Å². The van der Waals surface area contributed by atoms with E-state index in [9.17, 15) is 17.6 Å². The molecule has 0 saturated heterocycles. The molecule has 1 aromatic carbocycles. The molecule has 0 radical (unpaired) electrons. The van der Waals surface area contributed by atoms with Crippen LogP contribution in [0, 0.1) is 5.82 Å². The molecule has 0 unspecified atom stereocenters. The molecule has 1 aromatic heterocycles. The molecule has 0 aliphatic heterocycles. The van der Waals surface area contributed by atoms with E-state index in [0.717, 1.165) is 22.7 Å². The van der Waals surface area contributed by atoms with Crippen LogP contribution in [0.15, 0.2) is 43.0 Å². The lowest BCUT2D eigenvalue weighted by Crippen LogP contribution is -2.40. The Morgan fingerprint density at radius 2 is 2.04 bits per heavy atom. The molecular weight excluding hydrogens is 335 g/mol. The van der Waals surface area contributed by atoms with Crippen LogP contribution in [-0.2, 0) is 21.4 Å². The Bertz CT molecular complexity index is 761. The lowest BCUT2D eigenvalue weighted by atomic mass is 10.3. The Labute approximate surface area is 140 Å².